The maximum atomic E-state index is 13.7. The standard InChI is InChI=1S/C21H22F3N3O6/c1-10(29)31-19-15(4-5-28)32-16-9-30-21(2,3)33-20(16)18(19)27-8-14(25-26-27)11-6-12(22)17(24)13(23)7-11/h5-8,15-16,18-20H,4,9H2,1-3H3/t15-,16-,18-,19+,20+/m1/s1. The number of carbonyl (C=O) groups is 2. The third-order valence-electron chi connectivity index (χ3n) is 5.50. The Hall–Kier alpha value is -2.83. The van der Waals surface area contributed by atoms with Crippen LogP contribution in [0.3, 0.4) is 0 Å². The first-order valence-electron chi connectivity index (χ1n) is 10.2. The van der Waals surface area contributed by atoms with Gasteiger partial charge in [0.15, 0.2) is 29.3 Å². The minimum absolute atomic E-state index is 0.0389. The molecule has 0 amide bonds. The van der Waals surface area contributed by atoms with Crippen molar-refractivity contribution in [3.8, 4) is 11.3 Å². The van der Waals surface area contributed by atoms with Crippen molar-refractivity contribution in [2.24, 2.45) is 0 Å². The van der Waals surface area contributed by atoms with Gasteiger partial charge in [0.05, 0.1) is 12.8 Å². The van der Waals surface area contributed by atoms with Crippen LogP contribution in [0.15, 0.2) is 18.3 Å². The highest BCUT2D eigenvalue weighted by Gasteiger charge is 2.53. The average Bonchev–Trinajstić information content (AvgIpc) is 3.21. The first-order chi connectivity index (χ1) is 15.6. The zero-order valence-electron chi connectivity index (χ0n) is 18.0. The minimum atomic E-state index is -1.59. The molecule has 0 bridgehead atoms. The Morgan fingerprint density at radius 2 is 2.00 bits per heavy atom. The molecule has 1 aromatic carbocycles. The van der Waals surface area contributed by atoms with Gasteiger partial charge in [0, 0.05) is 18.9 Å². The molecule has 178 valence electrons. The molecule has 0 spiro atoms. The second-order valence-electron chi connectivity index (χ2n) is 8.31. The predicted molar refractivity (Wildman–Crippen MR) is 104 cm³/mol. The van der Waals surface area contributed by atoms with Gasteiger partial charge in [0.1, 0.15) is 36.3 Å². The summed E-state index contributed by atoms with van der Waals surface area (Å²) in [6, 6.07) is 0.788. The summed E-state index contributed by atoms with van der Waals surface area (Å²) in [7, 11) is 0. The van der Waals surface area contributed by atoms with Gasteiger partial charge in [-0.1, -0.05) is 5.21 Å². The zero-order chi connectivity index (χ0) is 23.9. The van der Waals surface area contributed by atoms with E-state index in [1.165, 1.54) is 17.8 Å². The molecule has 4 rings (SSSR count). The van der Waals surface area contributed by atoms with Crippen LogP contribution in [0, 0.1) is 17.5 Å². The van der Waals surface area contributed by atoms with Crippen molar-refractivity contribution >= 4 is 12.3 Å². The fraction of sp³-hybridized carbons (Fsp3) is 0.524. The molecule has 2 saturated heterocycles. The highest BCUT2D eigenvalue weighted by molar-refractivity contribution is 5.66. The summed E-state index contributed by atoms with van der Waals surface area (Å²) in [6.45, 7) is 4.77. The number of hydrogen-bond acceptors (Lipinski definition) is 8. The molecule has 9 nitrogen and oxygen atoms in total. The van der Waals surface area contributed by atoms with Gasteiger partial charge in [-0.25, -0.2) is 17.9 Å². The van der Waals surface area contributed by atoms with Crippen molar-refractivity contribution in [1.29, 1.82) is 0 Å². The smallest absolute Gasteiger partial charge is 0.303 e. The lowest BCUT2D eigenvalue weighted by molar-refractivity contribution is -0.348. The number of halogens is 3. The number of benzene rings is 1. The zero-order valence-corrected chi connectivity index (χ0v) is 18.0. The van der Waals surface area contributed by atoms with Crippen LogP contribution in [0.2, 0.25) is 0 Å². The molecule has 1 aromatic heterocycles. The van der Waals surface area contributed by atoms with Gasteiger partial charge in [0.2, 0.25) is 0 Å². The maximum Gasteiger partial charge on any atom is 0.303 e. The van der Waals surface area contributed by atoms with E-state index in [1.54, 1.807) is 13.8 Å². The molecule has 2 aromatic rings. The summed E-state index contributed by atoms with van der Waals surface area (Å²) in [4.78, 5) is 23.1. The van der Waals surface area contributed by atoms with Gasteiger partial charge in [-0.3, -0.25) is 4.79 Å². The van der Waals surface area contributed by atoms with Crippen molar-refractivity contribution in [3.05, 3.63) is 35.8 Å². The van der Waals surface area contributed by atoms with Crippen LogP contribution in [-0.2, 0) is 28.5 Å². The van der Waals surface area contributed by atoms with E-state index in [4.69, 9.17) is 18.9 Å². The first kappa shape index (κ1) is 23.3. The number of carbonyl (C=O) groups excluding carboxylic acids is 2. The molecular weight excluding hydrogens is 447 g/mol. The van der Waals surface area contributed by atoms with Crippen molar-refractivity contribution < 1.29 is 41.7 Å². The van der Waals surface area contributed by atoms with Crippen molar-refractivity contribution in [3.63, 3.8) is 0 Å². The minimum Gasteiger partial charge on any atom is -0.457 e. The Morgan fingerprint density at radius 3 is 2.64 bits per heavy atom. The van der Waals surface area contributed by atoms with E-state index in [1.807, 2.05) is 0 Å². The average molecular weight is 469 g/mol. The van der Waals surface area contributed by atoms with E-state index in [9.17, 15) is 22.8 Å². The monoisotopic (exact) mass is 469 g/mol. The van der Waals surface area contributed by atoms with Crippen LogP contribution >= 0.6 is 0 Å². The number of fused-ring (bicyclic) bond motifs is 1. The third-order valence-corrected chi connectivity index (χ3v) is 5.50. The summed E-state index contributed by atoms with van der Waals surface area (Å²) in [5.74, 6) is -5.94. The topological polar surface area (TPSA) is 102 Å². The van der Waals surface area contributed by atoms with Crippen LogP contribution in [0.25, 0.3) is 11.3 Å². The Bertz CT molecular complexity index is 1040. The van der Waals surface area contributed by atoms with Crippen LogP contribution in [0.5, 0.6) is 0 Å². The number of nitrogens with zero attached hydrogens (tertiary/aromatic N) is 3. The Balaban J connectivity index is 1.76. The van der Waals surface area contributed by atoms with Crippen LogP contribution in [-0.4, -0.2) is 64.1 Å². The number of hydrogen-bond donors (Lipinski definition) is 0. The molecule has 3 heterocycles. The van der Waals surface area contributed by atoms with E-state index >= 15 is 0 Å². The van der Waals surface area contributed by atoms with Gasteiger partial charge >= 0.3 is 5.97 Å². The molecule has 12 heteroatoms. The molecule has 5 atom stereocenters. The van der Waals surface area contributed by atoms with Crippen LogP contribution < -0.4 is 0 Å². The molecule has 0 N–H and O–H groups in total. The van der Waals surface area contributed by atoms with Gasteiger partial charge in [-0.05, 0) is 26.0 Å². The second-order valence-corrected chi connectivity index (χ2v) is 8.31. The summed E-state index contributed by atoms with van der Waals surface area (Å²) in [5.41, 5.74) is 0.0126. The number of aromatic nitrogens is 3. The molecule has 2 aliphatic heterocycles. The molecule has 0 unspecified atom stereocenters. The van der Waals surface area contributed by atoms with E-state index in [2.05, 4.69) is 10.3 Å². The molecule has 2 fully saturated rings. The van der Waals surface area contributed by atoms with Crippen molar-refractivity contribution in [2.45, 2.75) is 63.4 Å². The molecular formula is C21H22F3N3O6. The summed E-state index contributed by atoms with van der Waals surface area (Å²) in [5, 5.41) is 8.01. The van der Waals surface area contributed by atoms with Crippen LogP contribution in [0.4, 0.5) is 13.2 Å². The number of esters is 1. The van der Waals surface area contributed by atoms with Gasteiger partial charge in [0.25, 0.3) is 0 Å². The highest BCUT2D eigenvalue weighted by Crippen LogP contribution is 2.40. The second kappa shape index (κ2) is 8.84. The van der Waals surface area contributed by atoms with E-state index < -0.39 is 59.7 Å². The highest BCUT2D eigenvalue weighted by atomic mass is 19.2. The Morgan fingerprint density at radius 1 is 1.30 bits per heavy atom. The van der Waals surface area contributed by atoms with Gasteiger partial charge < -0.3 is 23.7 Å². The maximum absolute atomic E-state index is 13.7. The van der Waals surface area contributed by atoms with E-state index in [-0.39, 0.29) is 24.3 Å². The number of rotatable bonds is 5. The largest absolute Gasteiger partial charge is 0.457 e. The molecule has 0 radical (unpaired) electrons. The molecule has 2 aliphatic rings. The Kier molecular flexibility index (Phi) is 6.25. The predicted octanol–water partition coefficient (Wildman–Crippen LogP) is 2.34. The van der Waals surface area contributed by atoms with Crippen LogP contribution in [0.1, 0.15) is 33.2 Å². The molecule has 33 heavy (non-hydrogen) atoms. The first-order valence-corrected chi connectivity index (χ1v) is 10.2. The quantitative estimate of drug-likeness (QED) is 0.374. The summed E-state index contributed by atoms with van der Waals surface area (Å²) < 4.78 is 65.3. The number of aldehydes is 1. The lowest BCUT2D eigenvalue weighted by Gasteiger charge is -2.50. The SMILES string of the molecule is CC(=O)O[C@@H]1[C@@H](n2cc(-c3cc(F)c(F)c(F)c3)nn2)[C@H]2OC(C)(C)OC[C@H]2O[C@@H]1CC=O. The molecule has 0 aliphatic carbocycles. The van der Waals surface area contributed by atoms with Crippen molar-refractivity contribution in [1.82, 2.24) is 15.0 Å². The summed E-state index contributed by atoms with van der Waals surface area (Å²) in [6.07, 6.45) is -1.20. The summed E-state index contributed by atoms with van der Waals surface area (Å²) >= 11 is 0. The van der Waals surface area contributed by atoms with Crippen molar-refractivity contribution in [2.75, 3.05) is 6.61 Å². The normalized spacial score (nSPS) is 28.7. The van der Waals surface area contributed by atoms with E-state index in [0.717, 1.165) is 12.1 Å². The molecule has 0 saturated carbocycles. The lowest BCUT2D eigenvalue weighted by Crippen LogP contribution is -2.62. The van der Waals surface area contributed by atoms with Gasteiger partial charge in [-0.2, -0.15) is 0 Å². The Labute approximate surface area is 186 Å². The number of ether oxygens (including phenoxy) is 4. The third kappa shape index (κ3) is 4.63. The fourth-order valence-corrected chi connectivity index (χ4v) is 4.11. The van der Waals surface area contributed by atoms with Gasteiger partial charge in [-0.15, -0.1) is 5.10 Å². The lowest BCUT2D eigenvalue weighted by atomic mass is 9.90. The fourth-order valence-electron chi connectivity index (χ4n) is 4.11. The van der Waals surface area contributed by atoms with E-state index in [0.29, 0.717) is 6.29 Å².